The van der Waals surface area contributed by atoms with E-state index in [9.17, 15) is 4.79 Å². The van der Waals surface area contributed by atoms with Crippen molar-refractivity contribution in [2.24, 2.45) is 0 Å². The Morgan fingerprint density at radius 1 is 1.23 bits per heavy atom. The van der Waals surface area contributed by atoms with Crippen molar-refractivity contribution >= 4 is 11.6 Å². The van der Waals surface area contributed by atoms with E-state index in [0.29, 0.717) is 29.5 Å². The van der Waals surface area contributed by atoms with E-state index in [1.165, 1.54) is 0 Å². The van der Waals surface area contributed by atoms with Crippen molar-refractivity contribution in [2.45, 2.75) is 13.0 Å². The van der Waals surface area contributed by atoms with Crippen molar-refractivity contribution in [2.75, 3.05) is 18.5 Å². The van der Waals surface area contributed by atoms with Crippen LogP contribution in [0.2, 0.25) is 0 Å². The van der Waals surface area contributed by atoms with Gasteiger partial charge in [0.1, 0.15) is 12.4 Å². The first kappa shape index (κ1) is 14.3. The molecule has 0 spiro atoms. The lowest BCUT2D eigenvalue weighted by atomic mass is 10.2. The van der Waals surface area contributed by atoms with Gasteiger partial charge in [-0.15, -0.1) is 0 Å². The van der Waals surface area contributed by atoms with Crippen molar-refractivity contribution in [3.8, 4) is 17.2 Å². The first-order chi connectivity index (χ1) is 10.8. The number of anilines is 1. The van der Waals surface area contributed by atoms with Crippen molar-refractivity contribution < 1.29 is 19.0 Å². The second-order valence-corrected chi connectivity index (χ2v) is 4.81. The zero-order valence-corrected chi connectivity index (χ0v) is 12.2. The van der Waals surface area contributed by atoms with Gasteiger partial charge in [-0.25, -0.2) is 0 Å². The molecule has 1 N–H and O–H groups in total. The van der Waals surface area contributed by atoms with Crippen LogP contribution in [0.4, 0.5) is 5.69 Å². The summed E-state index contributed by atoms with van der Waals surface area (Å²) in [5.41, 5.74) is 0.665. The molecule has 0 fully saturated rings. The third-order valence-electron chi connectivity index (χ3n) is 3.21. The Labute approximate surface area is 128 Å². The van der Waals surface area contributed by atoms with Gasteiger partial charge in [-0.2, -0.15) is 0 Å². The monoisotopic (exact) mass is 299 g/mol. The fraction of sp³-hybridized carbons (Fsp3) is 0.235. The summed E-state index contributed by atoms with van der Waals surface area (Å²) in [7, 11) is 0. The molecule has 0 radical (unpaired) electrons. The second-order valence-electron chi connectivity index (χ2n) is 4.81. The van der Waals surface area contributed by atoms with Crippen molar-refractivity contribution in [1.82, 2.24) is 0 Å². The minimum absolute atomic E-state index is 0.188. The number of nitrogens with one attached hydrogen (secondary N) is 1. The smallest absolute Gasteiger partial charge is 0.269 e. The predicted octanol–water partition coefficient (Wildman–Crippen LogP) is 2.86. The summed E-state index contributed by atoms with van der Waals surface area (Å²) in [5.74, 6) is 1.71. The van der Waals surface area contributed by atoms with E-state index in [-0.39, 0.29) is 12.5 Å². The summed E-state index contributed by atoms with van der Waals surface area (Å²) in [4.78, 5) is 12.3. The maximum Gasteiger partial charge on any atom is 0.269 e. The van der Waals surface area contributed by atoms with Crippen LogP contribution in [-0.2, 0) is 4.79 Å². The Balaban J connectivity index is 1.67. The summed E-state index contributed by atoms with van der Waals surface area (Å²) in [6, 6.07) is 14.6. The molecule has 1 heterocycles. The number of para-hydroxylation sites is 2. The molecule has 3 rings (SSSR count). The molecule has 2 aromatic carbocycles. The van der Waals surface area contributed by atoms with E-state index < -0.39 is 6.10 Å². The third kappa shape index (κ3) is 3.14. The van der Waals surface area contributed by atoms with Crippen LogP contribution in [0, 0.1) is 0 Å². The lowest BCUT2D eigenvalue weighted by molar-refractivity contribution is -0.125. The Morgan fingerprint density at radius 3 is 2.86 bits per heavy atom. The van der Waals surface area contributed by atoms with Gasteiger partial charge in [0.2, 0.25) is 6.10 Å². The topological polar surface area (TPSA) is 56.8 Å². The summed E-state index contributed by atoms with van der Waals surface area (Å²) in [5, 5.41) is 2.82. The molecule has 114 valence electrons. The molecular weight excluding hydrogens is 282 g/mol. The maximum absolute atomic E-state index is 12.3. The van der Waals surface area contributed by atoms with Gasteiger partial charge in [0, 0.05) is 11.8 Å². The van der Waals surface area contributed by atoms with Gasteiger partial charge in [0.05, 0.1) is 6.61 Å². The molecule has 1 aliphatic heterocycles. The summed E-state index contributed by atoms with van der Waals surface area (Å²) in [6.45, 7) is 2.68. The van der Waals surface area contributed by atoms with E-state index in [1.807, 2.05) is 37.3 Å². The summed E-state index contributed by atoms with van der Waals surface area (Å²) >= 11 is 0. The third-order valence-corrected chi connectivity index (χ3v) is 3.21. The molecule has 0 aliphatic carbocycles. The van der Waals surface area contributed by atoms with Gasteiger partial charge in [-0.3, -0.25) is 4.79 Å². The van der Waals surface area contributed by atoms with Crippen molar-refractivity contribution in [1.29, 1.82) is 0 Å². The zero-order chi connectivity index (χ0) is 15.4. The molecular formula is C17H17NO4. The molecule has 0 aromatic heterocycles. The number of rotatable bonds is 4. The molecule has 2 aromatic rings. The molecule has 0 bridgehead atoms. The van der Waals surface area contributed by atoms with Gasteiger partial charge in [0.15, 0.2) is 11.5 Å². The number of carbonyl (C=O) groups excluding carboxylic acids is 1. The highest BCUT2D eigenvalue weighted by molar-refractivity contribution is 5.94. The van der Waals surface area contributed by atoms with Gasteiger partial charge < -0.3 is 19.5 Å². The molecule has 0 saturated carbocycles. The first-order valence-corrected chi connectivity index (χ1v) is 7.18. The van der Waals surface area contributed by atoms with Crippen LogP contribution >= 0.6 is 0 Å². The number of ether oxygens (including phenoxy) is 3. The number of benzene rings is 2. The van der Waals surface area contributed by atoms with E-state index >= 15 is 0 Å². The average molecular weight is 299 g/mol. The van der Waals surface area contributed by atoms with Crippen molar-refractivity contribution in [3.63, 3.8) is 0 Å². The lowest BCUT2D eigenvalue weighted by Crippen LogP contribution is -2.40. The van der Waals surface area contributed by atoms with Crippen LogP contribution in [0.15, 0.2) is 48.5 Å². The quantitative estimate of drug-likeness (QED) is 0.943. The average Bonchev–Trinajstić information content (AvgIpc) is 2.55. The number of fused-ring (bicyclic) bond motifs is 1. The lowest BCUT2D eigenvalue weighted by Gasteiger charge is -2.25. The van der Waals surface area contributed by atoms with Crippen LogP contribution in [0.5, 0.6) is 17.2 Å². The van der Waals surface area contributed by atoms with Gasteiger partial charge in [-0.1, -0.05) is 18.2 Å². The van der Waals surface area contributed by atoms with E-state index in [4.69, 9.17) is 14.2 Å². The molecule has 5 heteroatoms. The number of amides is 1. The summed E-state index contributed by atoms with van der Waals surface area (Å²) in [6.07, 6.45) is -0.675. The van der Waals surface area contributed by atoms with E-state index in [1.54, 1.807) is 18.2 Å². The van der Waals surface area contributed by atoms with Gasteiger partial charge >= 0.3 is 0 Å². The molecule has 1 aliphatic rings. The predicted molar refractivity (Wildman–Crippen MR) is 82.6 cm³/mol. The Morgan fingerprint density at radius 2 is 2.05 bits per heavy atom. The number of hydrogen-bond acceptors (Lipinski definition) is 4. The summed E-state index contributed by atoms with van der Waals surface area (Å²) < 4.78 is 16.6. The SMILES string of the molecule is CCOc1cccc(NC(=O)[C@@H]2COc3ccccc3O2)c1. The second kappa shape index (κ2) is 6.39. The minimum atomic E-state index is -0.675. The molecule has 0 saturated heterocycles. The number of carbonyl (C=O) groups is 1. The molecule has 1 atom stereocenters. The molecule has 5 nitrogen and oxygen atoms in total. The maximum atomic E-state index is 12.3. The standard InChI is InChI=1S/C17H17NO4/c1-2-20-13-7-5-6-12(10-13)18-17(19)16-11-21-14-8-3-4-9-15(14)22-16/h3-10,16H,2,11H2,1H3,(H,18,19)/t16-/m0/s1. The van der Waals surface area contributed by atoms with E-state index in [2.05, 4.69) is 5.32 Å². The number of hydrogen-bond donors (Lipinski definition) is 1. The van der Waals surface area contributed by atoms with Gasteiger partial charge in [0.25, 0.3) is 5.91 Å². The van der Waals surface area contributed by atoms with E-state index in [0.717, 1.165) is 0 Å². The highest BCUT2D eigenvalue weighted by Gasteiger charge is 2.27. The van der Waals surface area contributed by atoms with Crippen LogP contribution in [-0.4, -0.2) is 25.2 Å². The van der Waals surface area contributed by atoms with Crippen LogP contribution in [0.1, 0.15) is 6.92 Å². The van der Waals surface area contributed by atoms with Gasteiger partial charge in [-0.05, 0) is 31.2 Å². The van der Waals surface area contributed by atoms with Crippen LogP contribution < -0.4 is 19.5 Å². The Kier molecular flexibility index (Phi) is 4.14. The molecule has 1 amide bonds. The molecule has 0 unspecified atom stereocenters. The minimum Gasteiger partial charge on any atom is -0.494 e. The van der Waals surface area contributed by atoms with Crippen LogP contribution in [0.25, 0.3) is 0 Å². The Bertz CT molecular complexity index is 671. The Hall–Kier alpha value is -2.69. The highest BCUT2D eigenvalue weighted by Crippen LogP contribution is 2.31. The first-order valence-electron chi connectivity index (χ1n) is 7.18. The highest BCUT2D eigenvalue weighted by atomic mass is 16.6. The zero-order valence-electron chi connectivity index (χ0n) is 12.2. The van der Waals surface area contributed by atoms with Crippen LogP contribution in [0.3, 0.4) is 0 Å². The van der Waals surface area contributed by atoms with Crippen molar-refractivity contribution in [3.05, 3.63) is 48.5 Å². The normalized spacial score (nSPS) is 16.0. The fourth-order valence-corrected chi connectivity index (χ4v) is 2.20. The largest absolute Gasteiger partial charge is 0.494 e. The fourth-order valence-electron chi connectivity index (χ4n) is 2.20. The molecule has 22 heavy (non-hydrogen) atoms.